The Morgan fingerprint density at radius 2 is 1.82 bits per heavy atom. The smallest absolute Gasteiger partial charge is 0.231 e. The van der Waals surface area contributed by atoms with Crippen molar-refractivity contribution < 1.29 is 14.3 Å². The number of likely N-dealkylation sites (N-methyl/N-ethyl adjacent to an activating group) is 1. The van der Waals surface area contributed by atoms with E-state index in [0.29, 0.717) is 6.42 Å². The van der Waals surface area contributed by atoms with Crippen LogP contribution >= 0.6 is 0 Å². The molecule has 1 aliphatic heterocycles. The quantitative estimate of drug-likeness (QED) is 0.807. The van der Waals surface area contributed by atoms with Crippen LogP contribution in [0.25, 0.3) is 0 Å². The maximum Gasteiger partial charge on any atom is 0.231 e. The average Bonchev–Trinajstić information content (AvgIpc) is 2.93. The van der Waals surface area contributed by atoms with Crippen LogP contribution in [0.2, 0.25) is 0 Å². The lowest BCUT2D eigenvalue weighted by Gasteiger charge is -2.28. The van der Waals surface area contributed by atoms with Crippen molar-refractivity contribution in [1.82, 2.24) is 9.80 Å². The van der Waals surface area contributed by atoms with Crippen LogP contribution in [0.15, 0.2) is 18.2 Å². The Morgan fingerprint density at radius 1 is 1.14 bits per heavy atom. The van der Waals surface area contributed by atoms with Gasteiger partial charge >= 0.3 is 0 Å². The zero-order chi connectivity index (χ0) is 16.3. The lowest BCUT2D eigenvalue weighted by atomic mass is 10.0. The molecule has 0 spiro atoms. The van der Waals surface area contributed by atoms with Crippen LogP contribution in [-0.2, 0) is 11.2 Å². The van der Waals surface area contributed by atoms with Crippen molar-refractivity contribution >= 4 is 5.91 Å². The van der Waals surface area contributed by atoms with Crippen molar-refractivity contribution in [1.29, 1.82) is 0 Å². The second-order valence-corrected chi connectivity index (χ2v) is 6.26. The zero-order valence-corrected chi connectivity index (χ0v) is 14.1. The first kappa shape index (κ1) is 16.6. The summed E-state index contributed by atoms with van der Waals surface area (Å²) in [5.74, 6) is 1.76. The molecule has 0 fully saturated rings. The lowest BCUT2D eigenvalue weighted by Crippen LogP contribution is -2.39. The van der Waals surface area contributed by atoms with Gasteiger partial charge in [0.25, 0.3) is 0 Å². The normalized spacial score (nSPS) is 15.7. The van der Waals surface area contributed by atoms with Gasteiger partial charge in [0, 0.05) is 25.6 Å². The minimum Gasteiger partial charge on any atom is -0.454 e. The fraction of sp³-hybridized carbons (Fsp3) is 0.588. The molecule has 0 bridgehead atoms. The average molecular weight is 306 g/mol. The largest absolute Gasteiger partial charge is 0.454 e. The molecule has 1 aromatic carbocycles. The molecular weight excluding hydrogens is 280 g/mol. The van der Waals surface area contributed by atoms with E-state index in [2.05, 4.69) is 18.7 Å². The Hall–Kier alpha value is -1.75. The number of rotatable bonds is 6. The highest BCUT2D eigenvalue weighted by atomic mass is 16.7. The van der Waals surface area contributed by atoms with Gasteiger partial charge < -0.3 is 19.3 Å². The van der Waals surface area contributed by atoms with Gasteiger partial charge in [-0.05, 0) is 52.1 Å². The summed E-state index contributed by atoms with van der Waals surface area (Å²) in [7, 11) is 5.87. The van der Waals surface area contributed by atoms with E-state index in [9.17, 15) is 4.79 Å². The zero-order valence-electron chi connectivity index (χ0n) is 14.1. The van der Waals surface area contributed by atoms with E-state index in [1.807, 2.05) is 44.2 Å². The number of fused-ring (bicyclic) bond motifs is 1. The molecule has 1 unspecified atom stereocenters. The molecule has 0 N–H and O–H groups in total. The molecule has 1 aromatic rings. The Kier molecular flexibility index (Phi) is 5.29. The predicted molar refractivity (Wildman–Crippen MR) is 86.3 cm³/mol. The number of benzene rings is 1. The molecule has 122 valence electrons. The first-order valence-corrected chi connectivity index (χ1v) is 7.69. The monoisotopic (exact) mass is 306 g/mol. The van der Waals surface area contributed by atoms with E-state index in [0.717, 1.165) is 23.5 Å². The summed E-state index contributed by atoms with van der Waals surface area (Å²) in [5, 5.41) is 0. The Morgan fingerprint density at radius 3 is 2.50 bits per heavy atom. The summed E-state index contributed by atoms with van der Waals surface area (Å²) in [6.45, 7) is 4.42. The third-order valence-electron chi connectivity index (χ3n) is 4.37. The minimum atomic E-state index is 0.141. The van der Waals surface area contributed by atoms with Crippen LogP contribution in [0.1, 0.15) is 25.8 Å². The third kappa shape index (κ3) is 3.91. The molecule has 2 rings (SSSR count). The second-order valence-electron chi connectivity index (χ2n) is 6.26. The highest BCUT2D eigenvalue weighted by Crippen LogP contribution is 2.32. The van der Waals surface area contributed by atoms with Crippen LogP contribution in [0.3, 0.4) is 0 Å². The van der Waals surface area contributed by atoms with Crippen molar-refractivity contribution in [2.45, 2.75) is 38.8 Å². The Balaban J connectivity index is 1.93. The standard InChI is InChI=1S/C17H26N2O3/c1-12(18(3)4)9-17(20)19(5)13(2)8-14-6-7-15-16(10-14)22-11-21-15/h6-7,10,12-13H,8-9,11H2,1-5H3/t12?,13-/m0/s1. The first-order chi connectivity index (χ1) is 10.4. The molecule has 0 saturated carbocycles. The summed E-state index contributed by atoms with van der Waals surface area (Å²) in [5.41, 5.74) is 1.15. The van der Waals surface area contributed by atoms with Gasteiger partial charge in [0.05, 0.1) is 0 Å². The van der Waals surface area contributed by atoms with E-state index in [1.165, 1.54) is 0 Å². The van der Waals surface area contributed by atoms with E-state index in [-0.39, 0.29) is 24.8 Å². The highest BCUT2D eigenvalue weighted by Gasteiger charge is 2.20. The lowest BCUT2D eigenvalue weighted by molar-refractivity contribution is -0.132. The van der Waals surface area contributed by atoms with Crippen LogP contribution in [0.5, 0.6) is 11.5 Å². The molecule has 2 atom stereocenters. The first-order valence-electron chi connectivity index (χ1n) is 7.69. The SMILES string of the molecule is CC(CC(=O)N(C)[C@@H](C)Cc1ccc2c(c1)OCO2)N(C)C. The fourth-order valence-electron chi connectivity index (χ4n) is 2.37. The van der Waals surface area contributed by atoms with Gasteiger partial charge in [-0.3, -0.25) is 4.79 Å². The van der Waals surface area contributed by atoms with Crippen LogP contribution < -0.4 is 9.47 Å². The molecule has 5 heteroatoms. The number of carbonyl (C=O) groups excluding carboxylic acids is 1. The number of nitrogens with zero attached hydrogens (tertiary/aromatic N) is 2. The molecule has 0 radical (unpaired) electrons. The number of amides is 1. The van der Waals surface area contributed by atoms with E-state index in [1.54, 1.807) is 0 Å². The molecule has 0 saturated heterocycles. The third-order valence-corrected chi connectivity index (χ3v) is 4.37. The molecule has 5 nitrogen and oxygen atoms in total. The summed E-state index contributed by atoms with van der Waals surface area (Å²) in [6.07, 6.45) is 1.34. The summed E-state index contributed by atoms with van der Waals surface area (Å²) in [6, 6.07) is 6.35. The number of hydrogen-bond acceptors (Lipinski definition) is 4. The fourth-order valence-corrected chi connectivity index (χ4v) is 2.37. The molecule has 0 aliphatic carbocycles. The molecule has 1 heterocycles. The Labute approximate surface area is 132 Å². The molecule has 1 amide bonds. The van der Waals surface area contributed by atoms with Gasteiger partial charge in [0.2, 0.25) is 12.7 Å². The minimum absolute atomic E-state index is 0.141. The van der Waals surface area contributed by atoms with Crippen LogP contribution in [0.4, 0.5) is 0 Å². The van der Waals surface area contributed by atoms with Crippen molar-refractivity contribution in [3.8, 4) is 11.5 Å². The summed E-state index contributed by atoms with van der Waals surface area (Å²) in [4.78, 5) is 16.2. The predicted octanol–water partition coefficient (Wildman–Crippen LogP) is 2.14. The van der Waals surface area contributed by atoms with Gasteiger partial charge in [0.1, 0.15) is 0 Å². The number of hydrogen-bond donors (Lipinski definition) is 0. The molecule has 1 aliphatic rings. The van der Waals surface area contributed by atoms with Crippen molar-refractivity contribution in [3.63, 3.8) is 0 Å². The van der Waals surface area contributed by atoms with Crippen LogP contribution in [-0.4, -0.2) is 55.7 Å². The topological polar surface area (TPSA) is 42.0 Å². The van der Waals surface area contributed by atoms with Gasteiger partial charge in [-0.1, -0.05) is 6.07 Å². The van der Waals surface area contributed by atoms with Gasteiger partial charge in [-0.25, -0.2) is 0 Å². The molecule has 22 heavy (non-hydrogen) atoms. The van der Waals surface area contributed by atoms with E-state index in [4.69, 9.17) is 9.47 Å². The second kappa shape index (κ2) is 7.01. The maximum absolute atomic E-state index is 12.3. The number of ether oxygens (including phenoxy) is 2. The van der Waals surface area contributed by atoms with Crippen molar-refractivity contribution in [3.05, 3.63) is 23.8 Å². The molecule has 0 aromatic heterocycles. The van der Waals surface area contributed by atoms with Gasteiger partial charge in [0.15, 0.2) is 11.5 Å². The van der Waals surface area contributed by atoms with E-state index >= 15 is 0 Å². The highest BCUT2D eigenvalue weighted by molar-refractivity contribution is 5.76. The van der Waals surface area contributed by atoms with Crippen molar-refractivity contribution in [2.24, 2.45) is 0 Å². The van der Waals surface area contributed by atoms with E-state index < -0.39 is 0 Å². The van der Waals surface area contributed by atoms with Crippen molar-refractivity contribution in [2.75, 3.05) is 27.9 Å². The summed E-state index contributed by atoms with van der Waals surface area (Å²) >= 11 is 0. The van der Waals surface area contributed by atoms with Gasteiger partial charge in [-0.15, -0.1) is 0 Å². The maximum atomic E-state index is 12.3. The number of carbonyl (C=O) groups is 1. The van der Waals surface area contributed by atoms with Gasteiger partial charge in [-0.2, -0.15) is 0 Å². The van der Waals surface area contributed by atoms with Crippen LogP contribution in [0, 0.1) is 0 Å². The Bertz CT molecular complexity index is 531. The molecular formula is C17H26N2O3. The summed E-state index contributed by atoms with van der Waals surface area (Å²) < 4.78 is 10.7.